The van der Waals surface area contributed by atoms with Gasteiger partial charge in [0.15, 0.2) is 5.11 Å². The minimum Gasteiger partial charge on any atom is -0.491 e. The average Bonchev–Trinajstić information content (AvgIpc) is 2.61. The lowest BCUT2D eigenvalue weighted by atomic mass is 10.1. The number of ether oxygens (including phenoxy) is 1. The molecule has 26 heavy (non-hydrogen) atoms. The number of carbonyl (C=O) groups excluding carboxylic acids is 1. The molecule has 0 fully saturated rings. The van der Waals surface area contributed by atoms with Crippen LogP contribution in [0.4, 0.5) is 11.4 Å². The Kier molecular flexibility index (Phi) is 6.62. The number of nitro groups is 1. The normalized spacial score (nSPS) is 11.3. The van der Waals surface area contributed by atoms with Crippen LogP contribution in [0.1, 0.15) is 30.6 Å². The second-order valence-corrected chi connectivity index (χ2v) is 5.96. The minimum absolute atomic E-state index is 0.0360. The summed E-state index contributed by atoms with van der Waals surface area (Å²) in [6, 6.07) is 12.8. The Morgan fingerprint density at radius 1 is 1.27 bits per heavy atom. The van der Waals surface area contributed by atoms with Crippen molar-refractivity contribution in [1.82, 2.24) is 5.32 Å². The van der Waals surface area contributed by atoms with Crippen molar-refractivity contribution in [3.63, 3.8) is 0 Å². The highest BCUT2D eigenvalue weighted by Gasteiger charge is 2.19. The molecule has 1 unspecified atom stereocenters. The van der Waals surface area contributed by atoms with Gasteiger partial charge in [0.2, 0.25) is 0 Å². The molecule has 1 amide bonds. The smallest absolute Gasteiger partial charge is 0.282 e. The van der Waals surface area contributed by atoms with E-state index in [9.17, 15) is 14.9 Å². The molecule has 0 aromatic heterocycles. The van der Waals surface area contributed by atoms with Crippen LogP contribution < -0.4 is 15.4 Å². The van der Waals surface area contributed by atoms with Crippen LogP contribution in [0, 0.1) is 10.1 Å². The number of nitrogens with one attached hydrogen (secondary N) is 2. The van der Waals surface area contributed by atoms with E-state index in [2.05, 4.69) is 10.6 Å². The van der Waals surface area contributed by atoms with E-state index in [-0.39, 0.29) is 22.5 Å². The lowest BCUT2D eigenvalue weighted by Gasteiger charge is -2.14. The Labute approximate surface area is 156 Å². The molecular weight excluding hydrogens is 354 g/mol. The number of anilines is 1. The number of rotatable bonds is 6. The van der Waals surface area contributed by atoms with Crippen molar-refractivity contribution in [3.05, 3.63) is 64.2 Å². The summed E-state index contributed by atoms with van der Waals surface area (Å²) in [5, 5.41) is 16.4. The van der Waals surface area contributed by atoms with Gasteiger partial charge in [-0.1, -0.05) is 25.1 Å². The van der Waals surface area contributed by atoms with Crippen molar-refractivity contribution < 1.29 is 14.5 Å². The molecule has 0 aliphatic heterocycles. The van der Waals surface area contributed by atoms with Gasteiger partial charge in [0, 0.05) is 17.8 Å². The van der Waals surface area contributed by atoms with Crippen molar-refractivity contribution in [2.75, 3.05) is 5.32 Å². The molecule has 2 aromatic rings. The van der Waals surface area contributed by atoms with E-state index in [1.54, 1.807) is 24.3 Å². The molecule has 0 aliphatic carbocycles. The number of nitrogens with zero attached hydrogens (tertiary/aromatic N) is 1. The lowest BCUT2D eigenvalue weighted by molar-refractivity contribution is -0.385. The van der Waals surface area contributed by atoms with Crippen LogP contribution in [-0.2, 0) is 0 Å². The van der Waals surface area contributed by atoms with Crippen LogP contribution in [0.15, 0.2) is 48.5 Å². The van der Waals surface area contributed by atoms with E-state index < -0.39 is 10.8 Å². The van der Waals surface area contributed by atoms with Crippen LogP contribution in [0.2, 0.25) is 0 Å². The summed E-state index contributed by atoms with van der Waals surface area (Å²) < 4.78 is 5.73. The maximum atomic E-state index is 12.3. The van der Waals surface area contributed by atoms with Gasteiger partial charge in [-0.25, -0.2) is 0 Å². The van der Waals surface area contributed by atoms with Crippen molar-refractivity contribution in [3.8, 4) is 5.75 Å². The van der Waals surface area contributed by atoms with Gasteiger partial charge in [-0.15, -0.1) is 0 Å². The third kappa shape index (κ3) is 5.25. The molecule has 8 heteroatoms. The van der Waals surface area contributed by atoms with Crippen molar-refractivity contribution in [1.29, 1.82) is 0 Å². The van der Waals surface area contributed by atoms with E-state index in [0.29, 0.717) is 11.4 Å². The van der Waals surface area contributed by atoms with Crippen LogP contribution in [0.25, 0.3) is 0 Å². The van der Waals surface area contributed by atoms with Gasteiger partial charge < -0.3 is 10.1 Å². The van der Waals surface area contributed by atoms with Crippen LogP contribution in [0.3, 0.4) is 0 Å². The van der Waals surface area contributed by atoms with Gasteiger partial charge in [-0.2, -0.15) is 0 Å². The predicted octanol–water partition coefficient (Wildman–Crippen LogP) is 3.90. The zero-order valence-corrected chi connectivity index (χ0v) is 15.2. The lowest BCUT2D eigenvalue weighted by Crippen LogP contribution is -2.34. The first-order valence-corrected chi connectivity index (χ1v) is 8.44. The highest BCUT2D eigenvalue weighted by atomic mass is 32.1. The fraction of sp³-hybridized carbons (Fsp3) is 0.222. The molecule has 0 radical (unpaired) electrons. The monoisotopic (exact) mass is 373 g/mol. The number of hydrogen-bond donors (Lipinski definition) is 2. The van der Waals surface area contributed by atoms with Gasteiger partial charge >= 0.3 is 0 Å². The second-order valence-electron chi connectivity index (χ2n) is 5.55. The average molecular weight is 373 g/mol. The largest absolute Gasteiger partial charge is 0.491 e. The summed E-state index contributed by atoms with van der Waals surface area (Å²) in [6.45, 7) is 4.00. The van der Waals surface area contributed by atoms with Crippen molar-refractivity contribution >= 4 is 34.6 Å². The third-order valence-electron chi connectivity index (χ3n) is 3.58. The van der Waals surface area contributed by atoms with Gasteiger partial charge in [-0.05, 0) is 43.8 Å². The highest BCUT2D eigenvalue weighted by molar-refractivity contribution is 7.80. The summed E-state index contributed by atoms with van der Waals surface area (Å²) in [5.41, 5.74) is 0.297. The molecule has 0 bridgehead atoms. The third-order valence-corrected chi connectivity index (χ3v) is 3.78. The number of amides is 1. The molecular formula is C18H19N3O4S. The van der Waals surface area contributed by atoms with Gasteiger partial charge in [0.1, 0.15) is 11.3 Å². The Bertz CT molecular complexity index is 826. The van der Waals surface area contributed by atoms with Gasteiger partial charge in [0.25, 0.3) is 11.6 Å². The Morgan fingerprint density at radius 3 is 2.69 bits per heavy atom. The van der Waals surface area contributed by atoms with E-state index in [0.717, 1.165) is 6.42 Å². The molecule has 0 saturated carbocycles. The van der Waals surface area contributed by atoms with E-state index >= 15 is 0 Å². The first kappa shape index (κ1) is 19.3. The Hall–Kier alpha value is -3.00. The zero-order chi connectivity index (χ0) is 19.1. The van der Waals surface area contributed by atoms with E-state index in [1.165, 1.54) is 18.2 Å². The van der Waals surface area contributed by atoms with Crippen molar-refractivity contribution in [2.24, 2.45) is 0 Å². The molecule has 2 N–H and O–H groups in total. The van der Waals surface area contributed by atoms with Crippen LogP contribution in [0.5, 0.6) is 5.75 Å². The number of nitro benzene ring substituents is 1. The zero-order valence-electron chi connectivity index (χ0n) is 14.4. The van der Waals surface area contributed by atoms with Crippen LogP contribution in [-0.4, -0.2) is 22.0 Å². The maximum absolute atomic E-state index is 12.3. The standard InChI is InChI=1S/C18H19N3O4S/c1-3-12(2)25-14-8-6-7-13(11-14)19-18(26)20-17(22)15-9-4-5-10-16(15)21(23)24/h4-12H,3H2,1-2H3,(H2,19,20,22,26). The molecule has 0 aliphatic rings. The highest BCUT2D eigenvalue weighted by Crippen LogP contribution is 2.20. The summed E-state index contributed by atoms with van der Waals surface area (Å²) >= 11 is 5.12. The fourth-order valence-corrected chi connectivity index (χ4v) is 2.33. The number of para-hydroxylation sites is 1. The summed E-state index contributed by atoms with van der Waals surface area (Å²) in [6.07, 6.45) is 0.956. The minimum atomic E-state index is -0.651. The quantitative estimate of drug-likeness (QED) is 0.453. The summed E-state index contributed by atoms with van der Waals surface area (Å²) in [4.78, 5) is 22.7. The molecule has 136 valence electrons. The molecule has 0 saturated heterocycles. The molecule has 1 atom stereocenters. The Morgan fingerprint density at radius 2 is 2.00 bits per heavy atom. The molecule has 7 nitrogen and oxygen atoms in total. The second kappa shape index (κ2) is 8.91. The van der Waals surface area contributed by atoms with Gasteiger partial charge in [-0.3, -0.25) is 20.2 Å². The van der Waals surface area contributed by atoms with Gasteiger partial charge in [0.05, 0.1) is 11.0 Å². The Balaban J connectivity index is 2.04. The number of carbonyl (C=O) groups is 1. The molecule has 2 aromatic carbocycles. The topological polar surface area (TPSA) is 93.5 Å². The van der Waals surface area contributed by atoms with Crippen LogP contribution >= 0.6 is 12.2 Å². The van der Waals surface area contributed by atoms with Crippen molar-refractivity contribution in [2.45, 2.75) is 26.4 Å². The van der Waals surface area contributed by atoms with E-state index in [4.69, 9.17) is 17.0 Å². The molecule has 2 rings (SSSR count). The number of thiocarbonyl (C=S) groups is 1. The van der Waals surface area contributed by atoms with E-state index in [1.807, 2.05) is 19.9 Å². The molecule has 0 heterocycles. The summed E-state index contributed by atoms with van der Waals surface area (Å²) in [5.74, 6) is 0.0268. The predicted molar refractivity (Wildman–Crippen MR) is 104 cm³/mol. The number of hydrogen-bond acceptors (Lipinski definition) is 5. The first-order chi connectivity index (χ1) is 12.4. The fourth-order valence-electron chi connectivity index (χ4n) is 2.12. The SMILES string of the molecule is CCC(C)Oc1cccc(NC(=S)NC(=O)c2ccccc2[N+](=O)[O-])c1. The summed E-state index contributed by atoms with van der Waals surface area (Å²) in [7, 11) is 0. The molecule has 0 spiro atoms. The maximum Gasteiger partial charge on any atom is 0.282 e. The number of benzene rings is 2. The first-order valence-electron chi connectivity index (χ1n) is 8.03.